The Hall–Kier alpha value is -2.86. The van der Waals surface area contributed by atoms with E-state index >= 15 is 0 Å². The summed E-state index contributed by atoms with van der Waals surface area (Å²) in [6, 6.07) is 0.922. The first kappa shape index (κ1) is 22.8. The lowest BCUT2D eigenvalue weighted by atomic mass is 9.94. The Bertz CT molecular complexity index is 970. The van der Waals surface area contributed by atoms with Crippen molar-refractivity contribution < 1.29 is 28.2 Å². The van der Waals surface area contributed by atoms with Crippen LogP contribution in [0.1, 0.15) is 25.1 Å². The second kappa shape index (κ2) is 8.00. The monoisotopic (exact) mass is 442 g/mol. The number of aliphatic hydroxyl groups is 2. The van der Waals surface area contributed by atoms with Gasteiger partial charge in [-0.1, -0.05) is 0 Å². The van der Waals surface area contributed by atoms with E-state index in [-0.39, 0.29) is 12.5 Å². The number of carbonyl (C=O) groups excluding carboxylic acids is 1. The van der Waals surface area contributed by atoms with E-state index in [2.05, 4.69) is 20.7 Å². The fourth-order valence-corrected chi connectivity index (χ4v) is 3.55. The first-order valence-corrected chi connectivity index (χ1v) is 9.55. The predicted octanol–water partition coefficient (Wildman–Crippen LogP) is 1.65. The largest absolute Gasteiger partial charge is 0.416 e. The number of nitrogens with one attached hydrogen (secondary N) is 2. The Morgan fingerprint density at radius 2 is 2.03 bits per heavy atom. The summed E-state index contributed by atoms with van der Waals surface area (Å²) in [6.07, 6.45) is -4.40. The molecule has 2 aromatic heterocycles. The third-order valence-corrected chi connectivity index (χ3v) is 5.01. The Morgan fingerprint density at radius 1 is 1.35 bits per heavy atom. The fraction of sp³-hybridized carbons (Fsp3) is 0.526. The molecular weight excluding hydrogens is 417 g/mol. The molecule has 1 unspecified atom stereocenters. The van der Waals surface area contributed by atoms with Gasteiger partial charge in [0.2, 0.25) is 5.91 Å². The molecule has 0 spiro atoms. The molecule has 2 aromatic rings. The van der Waals surface area contributed by atoms with Gasteiger partial charge in [0.15, 0.2) is 6.10 Å². The average Bonchev–Trinajstić information content (AvgIpc) is 3.06. The number of alkyl halides is 3. The zero-order chi connectivity index (χ0) is 23.1. The van der Waals surface area contributed by atoms with Crippen LogP contribution in [0.2, 0.25) is 0 Å². The number of aryl methyl sites for hydroxylation is 1. The van der Waals surface area contributed by atoms with Crippen molar-refractivity contribution in [1.29, 1.82) is 0 Å². The number of rotatable bonds is 6. The molecule has 3 rings (SSSR count). The minimum Gasteiger partial charge on any atom is -0.388 e. The van der Waals surface area contributed by atoms with Gasteiger partial charge in [0.05, 0.1) is 35.4 Å². The average molecular weight is 442 g/mol. The first-order valence-electron chi connectivity index (χ1n) is 9.55. The van der Waals surface area contributed by atoms with E-state index in [0.717, 1.165) is 4.68 Å². The van der Waals surface area contributed by atoms with Gasteiger partial charge in [-0.2, -0.15) is 18.3 Å². The summed E-state index contributed by atoms with van der Waals surface area (Å²) >= 11 is 0. The lowest BCUT2D eigenvalue weighted by Gasteiger charge is -2.41. The molecule has 0 saturated carbocycles. The molecular formula is C19H25F3N6O3. The van der Waals surface area contributed by atoms with Crippen LogP contribution >= 0.6 is 0 Å². The summed E-state index contributed by atoms with van der Waals surface area (Å²) in [5.41, 5.74) is 1.11. The molecule has 0 saturated heterocycles. The van der Waals surface area contributed by atoms with E-state index in [1.54, 1.807) is 38.8 Å². The summed E-state index contributed by atoms with van der Waals surface area (Å²) in [6.45, 7) is 4.39. The highest BCUT2D eigenvalue weighted by Gasteiger charge is 2.41. The van der Waals surface area contributed by atoms with Crippen LogP contribution in [0.4, 0.5) is 30.4 Å². The van der Waals surface area contributed by atoms with E-state index in [4.69, 9.17) is 5.11 Å². The van der Waals surface area contributed by atoms with Crippen molar-refractivity contribution in [3.05, 3.63) is 29.7 Å². The molecule has 12 heteroatoms. The molecule has 0 radical (unpaired) electrons. The summed E-state index contributed by atoms with van der Waals surface area (Å²) in [5.74, 6) is 0.151. The second-order valence-electron chi connectivity index (χ2n) is 8.12. The maximum Gasteiger partial charge on any atom is 0.416 e. The topological polar surface area (TPSA) is 116 Å². The predicted molar refractivity (Wildman–Crippen MR) is 108 cm³/mol. The SMILES string of the molecule is Cc1nc(NCc2cnn(CC(O)C(F)(F)F)c2)cc2c1NC(=O)[C@H](C(C)(C)O)N2C. The number of fused-ring (bicyclic) bond motifs is 1. The number of hydrogen-bond acceptors (Lipinski definition) is 7. The first-order chi connectivity index (χ1) is 14.3. The standard InChI is InChI=1S/C19H25F3N6O3/c1-10-15-12(27(4)16(17(30)26-15)18(2,3)31)5-14(25-10)23-6-11-7-24-28(8-11)9-13(29)19(20,21)22/h5,7-8,13,16,29,31H,6,9H2,1-4H3,(H,23,25)(H,26,30)/t13?,16-/m1/s1. The number of likely N-dealkylation sites (N-methyl/N-ethyl adjacent to an activating group) is 1. The molecule has 0 bridgehead atoms. The van der Waals surface area contributed by atoms with Crippen molar-refractivity contribution in [2.24, 2.45) is 0 Å². The fourth-order valence-electron chi connectivity index (χ4n) is 3.55. The molecule has 3 heterocycles. The smallest absolute Gasteiger partial charge is 0.388 e. The van der Waals surface area contributed by atoms with Gasteiger partial charge in [0.1, 0.15) is 11.9 Å². The molecule has 4 N–H and O–H groups in total. The third-order valence-electron chi connectivity index (χ3n) is 5.01. The molecule has 1 amide bonds. The van der Waals surface area contributed by atoms with Crippen molar-refractivity contribution >= 4 is 23.1 Å². The second-order valence-corrected chi connectivity index (χ2v) is 8.12. The molecule has 9 nitrogen and oxygen atoms in total. The van der Waals surface area contributed by atoms with Crippen LogP contribution in [0, 0.1) is 6.92 Å². The van der Waals surface area contributed by atoms with Gasteiger partial charge in [0, 0.05) is 31.4 Å². The van der Waals surface area contributed by atoms with Crippen molar-refractivity contribution in [3.63, 3.8) is 0 Å². The number of halogens is 3. The van der Waals surface area contributed by atoms with E-state index in [1.165, 1.54) is 12.4 Å². The van der Waals surface area contributed by atoms with Crippen LogP contribution in [0.3, 0.4) is 0 Å². The molecule has 0 aliphatic carbocycles. The number of aliphatic hydroxyl groups excluding tert-OH is 1. The number of aromatic nitrogens is 3. The molecule has 1 aliphatic heterocycles. The number of amides is 1. The summed E-state index contributed by atoms with van der Waals surface area (Å²) in [7, 11) is 1.71. The van der Waals surface area contributed by atoms with Gasteiger partial charge in [-0.15, -0.1) is 0 Å². The van der Waals surface area contributed by atoms with Crippen molar-refractivity contribution in [2.75, 3.05) is 22.6 Å². The zero-order valence-corrected chi connectivity index (χ0v) is 17.5. The van der Waals surface area contributed by atoms with Gasteiger partial charge in [-0.25, -0.2) is 4.98 Å². The van der Waals surface area contributed by atoms with Crippen LogP contribution in [0.25, 0.3) is 0 Å². The van der Waals surface area contributed by atoms with Crippen LogP contribution < -0.4 is 15.5 Å². The Labute approximate surface area is 176 Å². The highest BCUT2D eigenvalue weighted by atomic mass is 19.4. The molecule has 2 atom stereocenters. The van der Waals surface area contributed by atoms with Crippen LogP contribution in [0.5, 0.6) is 0 Å². The third kappa shape index (κ3) is 4.90. The lowest BCUT2D eigenvalue weighted by Crippen LogP contribution is -2.57. The number of hydrogen-bond donors (Lipinski definition) is 4. The maximum atomic E-state index is 12.5. The zero-order valence-electron chi connectivity index (χ0n) is 17.5. The summed E-state index contributed by atoms with van der Waals surface area (Å²) in [4.78, 5) is 18.5. The number of nitrogens with zero attached hydrogens (tertiary/aromatic N) is 4. The molecule has 0 fully saturated rings. The maximum absolute atomic E-state index is 12.5. The highest BCUT2D eigenvalue weighted by molar-refractivity contribution is 6.05. The van der Waals surface area contributed by atoms with Gasteiger partial charge in [-0.05, 0) is 20.8 Å². The van der Waals surface area contributed by atoms with Gasteiger partial charge >= 0.3 is 6.18 Å². The Kier molecular flexibility index (Phi) is 5.89. The van der Waals surface area contributed by atoms with E-state index in [1.807, 2.05) is 0 Å². The van der Waals surface area contributed by atoms with Crippen LogP contribution in [0.15, 0.2) is 18.5 Å². The van der Waals surface area contributed by atoms with Crippen LogP contribution in [-0.4, -0.2) is 61.9 Å². The lowest BCUT2D eigenvalue weighted by molar-refractivity contribution is -0.208. The minimum atomic E-state index is -4.71. The molecule has 1 aliphatic rings. The van der Waals surface area contributed by atoms with E-state index in [0.29, 0.717) is 28.5 Å². The van der Waals surface area contributed by atoms with Crippen molar-refractivity contribution in [1.82, 2.24) is 14.8 Å². The van der Waals surface area contributed by atoms with Gasteiger partial charge in [-0.3, -0.25) is 9.48 Å². The van der Waals surface area contributed by atoms with Crippen molar-refractivity contribution in [3.8, 4) is 0 Å². The quantitative estimate of drug-likeness (QED) is 0.538. The Morgan fingerprint density at radius 3 is 2.65 bits per heavy atom. The van der Waals surface area contributed by atoms with E-state index in [9.17, 15) is 23.1 Å². The van der Waals surface area contributed by atoms with Crippen LogP contribution in [-0.2, 0) is 17.9 Å². The normalized spacial score (nSPS) is 17.9. The van der Waals surface area contributed by atoms with E-state index < -0.39 is 30.5 Å². The molecule has 170 valence electrons. The summed E-state index contributed by atoms with van der Waals surface area (Å²) in [5, 5.41) is 29.3. The Balaban J connectivity index is 1.74. The minimum absolute atomic E-state index is 0.234. The number of pyridine rings is 1. The van der Waals surface area contributed by atoms with Gasteiger partial charge < -0.3 is 25.7 Å². The highest BCUT2D eigenvalue weighted by Crippen LogP contribution is 2.37. The van der Waals surface area contributed by atoms with Gasteiger partial charge in [0.25, 0.3) is 0 Å². The number of anilines is 3. The molecule has 0 aromatic carbocycles. The number of carbonyl (C=O) groups is 1. The molecule has 31 heavy (non-hydrogen) atoms. The van der Waals surface area contributed by atoms with Crippen molar-refractivity contribution in [2.45, 2.75) is 57.8 Å². The summed E-state index contributed by atoms with van der Waals surface area (Å²) < 4.78 is 38.5.